The van der Waals surface area contributed by atoms with Crippen molar-refractivity contribution in [2.75, 3.05) is 26.4 Å². The van der Waals surface area contributed by atoms with Crippen molar-refractivity contribution in [2.24, 2.45) is 5.92 Å². The second-order valence-electron chi connectivity index (χ2n) is 4.23. The fourth-order valence-electron chi connectivity index (χ4n) is 1.23. The lowest BCUT2D eigenvalue weighted by molar-refractivity contribution is -0.124. The molecule has 0 aliphatic rings. The van der Waals surface area contributed by atoms with Crippen LogP contribution in [0.3, 0.4) is 0 Å². The summed E-state index contributed by atoms with van der Waals surface area (Å²) in [4.78, 5) is 13.8. The van der Waals surface area contributed by atoms with E-state index in [-0.39, 0.29) is 11.8 Å². The van der Waals surface area contributed by atoms with Crippen LogP contribution in [-0.4, -0.2) is 43.2 Å². The number of carbonyl (C=O) groups is 1. The van der Waals surface area contributed by atoms with E-state index in [1.165, 1.54) is 0 Å². The lowest BCUT2D eigenvalue weighted by Crippen LogP contribution is -2.41. The van der Waals surface area contributed by atoms with Gasteiger partial charge in [-0.25, -0.2) is 0 Å². The smallest absolute Gasteiger partial charge is 0.223 e. The van der Waals surface area contributed by atoms with Gasteiger partial charge in [-0.1, -0.05) is 13.3 Å². The van der Waals surface area contributed by atoms with Crippen LogP contribution in [0, 0.1) is 5.92 Å². The molecular weight excluding hydrogens is 208 g/mol. The van der Waals surface area contributed by atoms with E-state index in [2.05, 4.69) is 36.7 Å². The summed E-state index contributed by atoms with van der Waals surface area (Å²) in [5, 5.41) is 2.97. The summed E-state index contributed by atoms with van der Waals surface area (Å²) in [5.41, 5.74) is 0. The van der Waals surface area contributed by atoms with Gasteiger partial charge in [0, 0.05) is 24.3 Å². The van der Waals surface area contributed by atoms with E-state index in [9.17, 15) is 4.79 Å². The molecule has 2 atom stereocenters. The third kappa shape index (κ3) is 6.05. The molecule has 0 heterocycles. The van der Waals surface area contributed by atoms with E-state index in [1.54, 1.807) is 0 Å². The maximum atomic E-state index is 11.7. The van der Waals surface area contributed by atoms with Crippen LogP contribution >= 0.6 is 12.6 Å². The first-order valence-corrected chi connectivity index (χ1v) is 6.21. The van der Waals surface area contributed by atoms with E-state index < -0.39 is 0 Å². The van der Waals surface area contributed by atoms with Crippen LogP contribution in [0.4, 0.5) is 0 Å². The van der Waals surface area contributed by atoms with Crippen molar-refractivity contribution >= 4 is 18.5 Å². The van der Waals surface area contributed by atoms with Gasteiger partial charge in [0.2, 0.25) is 5.91 Å². The summed E-state index contributed by atoms with van der Waals surface area (Å²) >= 11 is 4.20. The Hall–Kier alpha value is -0.220. The fourth-order valence-corrected chi connectivity index (χ4v) is 1.58. The molecule has 0 radical (unpaired) electrons. The van der Waals surface area contributed by atoms with Crippen molar-refractivity contribution in [1.82, 2.24) is 10.2 Å². The van der Waals surface area contributed by atoms with Gasteiger partial charge in [-0.2, -0.15) is 12.6 Å². The van der Waals surface area contributed by atoms with Crippen molar-refractivity contribution in [2.45, 2.75) is 32.7 Å². The molecule has 0 saturated heterocycles. The Labute approximate surface area is 99.0 Å². The number of thiol groups is 1. The van der Waals surface area contributed by atoms with Gasteiger partial charge < -0.3 is 10.2 Å². The topological polar surface area (TPSA) is 32.3 Å². The normalized spacial score (nSPS) is 15.1. The van der Waals surface area contributed by atoms with Crippen LogP contribution in [0.25, 0.3) is 0 Å². The number of nitrogens with zero attached hydrogens (tertiary/aromatic N) is 1. The van der Waals surface area contributed by atoms with Gasteiger partial charge in [0.25, 0.3) is 0 Å². The number of rotatable bonds is 7. The van der Waals surface area contributed by atoms with Crippen LogP contribution in [-0.2, 0) is 4.79 Å². The summed E-state index contributed by atoms with van der Waals surface area (Å²) in [6, 6.07) is 0.371. The number of amides is 1. The predicted molar refractivity (Wildman–Crippen MR) is 68.4 cm³/mol. The molecule has 0 bridgehead atoms. The van der Waals surface area contributed by atoms with Gasteiger partial charge >= 0.3 is 0 Å². The van der Waals surface area contributed by atoms with Crippen molar-refractivity contribution in [1.29, 1.82) is 0 Å². The van der Waals surface area contributed by atoms with Crippen molar-refractivity contribution in [3.8, 4) is 0 Å². The Morgan fingerprint density at radius 1 is 1.47 bits per heavy atom. The van der Waals surface area contributed by atoms with Crippen molar-refractivity contribution < 1.29 is 4.79 Å². The number of likely N-dealkylation sites (N-methyl/N-ethyl adjacent to an activating group) is 1. The average Bonchev–Trinajstić information content (AvgIpc) is 2.21. The van der Waals surface area contributed by atoms with Gasteiger partial charge in [-0.05, 0) is 27.4 Å². The Bertz CT molecular complexity index is 185. The number of nitrogens with one attached hydrogen (secondary N) is 1. The molecule has 3 nitrogen and oxygen atoms in total. The predicted octanol–water partition coefficient (Wildman–Crippen LogP) is 1.40. The minimum Gasteiger partial charge on any atom is -0.354 e. The van der Waals surface area contributed by atoms with E-state index in [1.807, 2.05) is 14.1 Å². The average molecular weight is 232 g/mol. The first-order valence-electron chi connectivity index (χ1n) is 5.57. The molecule has 2 unspecified atom stereocenters. The molecule has 0 aliphatic carbocycles. The molecular formula is C11H24N2OS. The zero-order chi connectivity index (χ0) is 11.8. The molecule has 0 saturated carbocycles. The molecule has 1 amide bonds. The highest BCUT2D eigenvalue weighted by Crippen LogP contribution is 2.08. The largest absolute Gasteiger partial charge is 0.354 e. The van der Waals surface area contributed by atoms with E-state index in [0.29, 0.717) is 18.3 Å². The second kappa shape index (κ2) is 7.99. The summed E-state index contributed by atoms with van der Waals surface area (Å²) in [6.07, 6.45) is 1.95. The Kier molecular flexibility index (Phi) is 7.88. The summed E-state index contributed by atoms with van der Waals surface area (Å²) < 4.78 is 0. The van der Waals surface area contributed by atoms with Crippen LogP contribution in [0.15, 0.2) is 0 Å². The molecule has 90 valence electrons. The molecule has 0 aromatic carbocycles. The minimum absolute atomic E-state index is 0.0627. The minimum atomic E-state index is 0.0627. The summed E-state index contributed by atoms with van der Waals surface area (Å²) in [5.74, 6) is 0.837. The zero-order valence-electron chi connectivity index (χ0n) is 10.3. The Morgan fingerprint density at radius 2 is 2.07 bits per heavy atom. The molecule has 0 rings (SSSR count). The molecule has 4 heteroatoms. The fraction of sp³-hybridized carbons (Fsp3) is 0.909. The zero-order valence-corrected chi connectivity index (χ0v) is 11.2. The molecule has 0 aromatic heterocycles. The van der Waals surface area contributed by atoms with Crippen molar-refractivity contribution in [3.63, 3.8) is 0 Å². The first-order chi connectivity index (χ1) is 7.02. The quantitative estimate of drug-likeness (QED) is 0.650. The van der Waals surface area contributed by atoms with Crippen LogP contribution in [0.5, 0.6) is 0 Å². The first kappa shape index (κ1) is 14.8. The number of hydrogen-bond donors (Lipinski definition) is 2. The number of carbonyl (C=O) groups excluding carboxylic acids is 1. The van der Waals surface area contributed by atoms with Gasteiger partial charge in [0.1, 0.15) is 0 Å². The second-order valence-corrected chi connectivity index (χ2v) is 4.59. The van der Waals surface area contributed by atoms with Crippen molar-refractivity contribution in [3.05, 3.63) is 0 Å². The maximum absolute atomic E-state index is 11.7. The Morgan fingerprint density at radius 3 is 2.47 bits per heavy atom. The maximum Gasteiger partial charge on any atom is 0.223 e. The van der Waals surface area contributed by atoms with Gasteiger partial charge in [0.15, 0.2) is 0 Å². The van der Waals surface area contributed by atoms with E-state index >= 15 is 0 Å². The highest BCUT2D eigenvalue weighted by Gasteiger charge is 2.16. The van der Waals surface area contributed by atoms with Gasteiger partial charge in [0.05, 0.1) is 0 Å². The lowest BCUT2D eigenvalue weighted by atomic mass is 10.1. The SMILES string of the molecule is CCCC(CS)C(=O)NCC(C)N(C)C. The van der Waals surface area contributed by atoms with E-state index in [0.717, 1.165) is 12.8 Å². The summed E-state index contributed by atoms with van der Waals surface area (Å²) in [7, 11) is 4.03. The third-order valence-electron chi connectivity index (χ3n) is 2.68. The van der Waals surface area contributed by atoms with Crippen LogP contribution < -0.4 is 5.32 Å². The van der Waals surface area contributed by atoms with Gasteiger partial charge in [-0.3, -0.25) is 4.79 Å². The van der Waals surface area contributed by atoms with Gasteiger partial charge in [-0.15, -0.1) is 0 Å². The Balaban J connectivity index is 3.90. The molecule has 15 heavy (non-hydrogen) atoms. The lowest BCUT2D eigenvalue weighted by Gasteiger charge is -2.21. The monoisotopic (exact) mass is 232 g/mol. The van der Waals surface area contributed by atoms with E-state index in [4.69, 9.17) is 0 Å². The molecule has 1 N–H and O–H groups in total. The summed E-state index contributed by atoms with van der Waals surface area (Å²) in [6.45, 7) is 4.89. The van der Waals surface area contributed by atoms with Crippen LogP contribution in [0.2, 0.25) is 0 Å². The molecule has 0 aromatic rings. The molecule has 0 aliphatic heterocycles. The van der Waals surface area contributed by atoms with Crippen LogP contribution in [0.1, 0.15) is 26.7 Å². The highest BCUT2D eigenvalue weighted by molar-refractivity contribution is 7.80. The molecule has 0 fully saturated rings. The molecule has 0 spiro atoms. The standard InChI is InChI=1S/C11H24N2OS/c1-5-6-10(8-15)11(14)12-7-9(2)13(3)4/h9-10,15H,5-8H2,1-4H3,(H,12,14). The third-order valence-corrected chi connectivity index (χ3v) is 3.12. The number of hydrogen-bond acceptors (Lipinski definition) is 3. The highest BCUT2D eigenvalue weighted by atomic mass is 32.1.